The summed E-state index contributed by atoms with van der Waals surface area (Å²) in [6, 6.07) is 11.8. The lowest BCUT2D eigenvalue weighted by Gasteiger charge is -2.20. The molecule has 0 bridgehead atoms. The fraction of sp³-hybridized carbons (Fsp3) is 0.500. The summed E-state index contributed by atoms with van der Waals surface area (Å²) < 4.78 is 0. The molecule has 2 aliphatic heterocycles. The number of benzene rings is 1. The first-order valence-corrected chi connectivity index (χ1v) is 11.7. The van der Waals surface area contributed by atoms with E-state index in [0.29, 0.717) is 0 Å². The first kappa shape index (κ1) is 23.4. The zero-order valence-electron chi connectivity index (χ0n) is 18.1. The number of hydrogen-bond donors (Lipinski definition) is 0. The van der Waals surface area contributed by atoms with E-state index in [1.54, 1.807) is 18.0 Å². The van der Waals surface area contributed by atoms with Crippen LogP contribution in [-0.4, -0.2) is 53.9 Å². The summed E-state index contributed by atoms with van der Waals surface area (Å²) in [6.07, 6.45) is 10.1. The molecule has 29 heavy (non-hydrogen) atoms. The number of rotatable bonds is 3. The van der Waals surface area contributed by atoms with Crippen LogP contribution in [0.25, 0.3) is 0 Å². The number of amides is 1. The van der Waals surface area contributed by atoms with Crippen molar-refractivity contribution in [3.05, 3.63) is 54.4 Å². The summed E-state index contributed by atoms with van der Waals surface area (Å²) in [5, 5.41) is 0. The maximum atomic E-state index is 12.2. The maximum absolute atomic E-state index is 12.2. The van der Waals surface area contributed by atoms with Gasteiger partial charge in [0.2, 0.25) is 0 Å². The Hall–Kier alpha value is -1.85. The first-order valence-electron chi connectivity index (χ1n) is 10.9. The van der Waals surface area contributed by atoms with Crippen LogP contribution in [0.15, 0.2) is 58.6 Å². The van der Waals surface area contributed by atoms with Gasteiger partial charge in [0.25, 0.3) is 5.91 Å². The molecule has 2 aliphatic rings. The topological polar surface area (TPSA) is 36.4 Å². The Labute approximate surface area is 180 Å². The molecule has 5 heteroatoms. The minimum Gasteiger partial charge on any atom is -0.339 e. The molecule has 4 nitrogen and oxygen atoms in total. The molecule has 0 unspecified atom stereocenters. The van der Waals surface area contributed by atoms with Crippen molar-refractivity contribution in [3.8, 4) is 0 Å². The number of carbonyl (C=O) groups excluding carboxylic acids is 1. The molecule has 1 aromatic heterocycles. The molecule has 2 fully saturated rings. The Kier molecular flexibility index (Phi) is 10.8. The van der Waals surface area contributed by atoms with Gasteiger partial charge in [-0.15, -0.1) is 0 Å². The highest BCUT2D eigenvalue weighted by Crippen LogP contribution is 2.27. The summed E-state index contributed by atoms with van der Waals surface area (Å²) >= 11 is 1.65. The molecule has 2 saturated heterocycles. The van der Waals surface area contributed by atoms with Crippen LogP contribution in [0.1, 0.15) is 56.3 Å². The third kappa shape index (κ3) is 8.19. The molecule has 158 valence electrons. The van der Waals surface area contributed by atoms with Crippen LogP contribution in [0.5, 0.6) is 0 Å². The number of piperidine rings is 1. The predicted octanol–water partition coefficient (Wildman–Crippen LogP) is 5.60. The van der Waals surface area contributed by atoms with Gasteiger partial charge in [0, 0.05) is 40.8 Å². The number of aromatic nitrogens is 1. The minimum absolute atomic E-state index is 0.153. The molecule has 2 aromatic rings. The van der Waals surface area contributed by atoms with Gasteiger partial charge in [-0.1, -0.05) is 32.0 Å². The van der Waals surface area contributed by atoms with Crippen molar-refractivity contribution >= 4 is 17.7 Å². The van der Waals surface area contributed by atoms with Crippen molar-refractivity contribution < 1.29 is 4.79 Å². The molecule has 0 spiro atoms. The van der Waals surface area contributed by atoms with Gasteiger partial charge >= 0.3 is 0 Å². The lowest BCUT2D eigenvalue weighted by Crippen LogP contribution is -2.27. The molecular weight excluding hydrogens is 378 g/mol. The predicted molar refractivity (Wildman–Crippen MR) is 123 cm³/mol. The van der Waals surface area contributed by atoms with Crippen LogP contribution < -0.4 is 0 Å². The van der Waals surface area contributed by atoms with Crippen molar-refractivity contribution in [2.24, 2.45) is 0 Å². The van der Waals surface area contributed by atoms with Crippen molar-refractivity contribution in [2.75, 3.05) is 33.2 Å². The summed E-state index contributed by atoms with van der Waals surface area (Å²) in [5.41, 5.74) is 0.780. The third-order valence-corrected chi connectivity index (χ3v) is 5.93. The van der Waals surface area contributed by atoms with Crippen LogP contribution in [-0.2, 0) is 0 Å². The van der Waals surface area contributed by atoms with E-state index in [4.69, 9.17) is 0 Å². The smallest absolute Gasteiger partial charge is 0.253 e. The van der Waals surface area contributed by atoms with Gasteiger partial charge in [-0.25, -0.2) is 0 Å². The van der Waals surface area contributed by atoms with E-state index in [-0.39, 0.29) is 5.91 Å². The monoisotopic (exact) mass is 413 g/mol. The molecule has 1 amide bonds. The highest BCUT2D eigenvalue weighted by Gasteiger charge is 2.19. The van der Waals surface area contributed by atoms with E-state index in [2.05, 4.69) is 16.9 Å². The molecule has 3 heterocycles. The average Bonchev–Trinajstić information content (AvgIpc) is 3.32. The molecule has 0 N–H and O–H groups in total. The lowest BCUT2D eigenvalue weighted by molar-refractivity contribution is 0.0793. The number of likely N-dealkylation sites (tertiary alicyclic amines) is 2. The molecular formula is C24H35N3OS. The van der Waals surface area contributed by atoms with Gasteiger partial charge < -0.3 is 9.80 Å². The van der Waals surface area contributed by atoms with Crippen LogP contribution in [0.2, 0.25) is 0 Å². The highest BCUT2D eigenvalue weighted by atomic mass is 32.2. The van der Waals surface area contributed by atoms with Gasteiger partial charge in [0.1, 0.15) is 0 Å². The molecule has 0 aliphatic carbocycles. The van der Waals surface area contributed by atoms with Crippen molar-refractivity contribution in [1.82, 2.24) is 14.8 Å². The van der Waals surface area contributed by atoms with Gasteiger partial charge in [0.15, 0.2) is 0 Å². The van der Waals surface area contributed by atoms with E-state index < -0.39 is 0 Å². The Morgan fingerprint density at radius 3 is 2.00 bits per heavy atom. The quantitative estimate of drug-likeness (QED) is 0.656. The Morgan fingerprint density at radius 1 is 0.862 bits per heavy atom. The van der Waals surface area contributed by atoms with Crippen LogP contribution in [0, 0.1) is 0 Å². The number of nitrogens with zero attached hydrogens (tertiary/aromatic N) is 3. The van der Waals surface area contributed by atoms with Gasteiger partial charge in [-0.2, -0.15) is 0 Å². The maximum Gasteiger partial charge on any atom is 0.253 e. The summed E-state index contributed by atoms with van der Waals surface area (Å²) in [6.45, 7) is 8.43. The van der Waals surface area contributed by atoms with Gasteiger partial charge in [-0.3, -0.25) is 9.78 Å². The molecule has 0 atom stereocenters. The second-order valence-electron chi connectivity index (χ2n) is 7.18. The lowest BCUT2D eigenvalue weighted by atomic mass is 10.1. The van der Waals surface area contributed by atoms with E-state index in [9.17, 15) is 4.79 Å². The summed E-state index contributed by atoms with van der Waals surface area (Å²) in [5.74, 6) is 0.153. The fourth-order valence-electron chi connectivity index (χ4n) is 3.36. The fourth-order valence-corrected chi connectivity index (χ4v) is 4.17. The minimum atomic E-state index is 0.153. The first-order chi connectivity index (χ1) is 14.2. The normalized spacial score (nSPS) is 16.3. The number of pyridine rings is 1. The number of carbonyl (C=O) groups is 1. The van der Waals surface area contributed by atoms with Crippen LogP contribution >= 0.6 is 11.8 Å². The van der Waals surface area contributed by atoms with E-state index in [1.165, 1.54) is 32.4 Å². The second kappa shape index (κ2) is 13.4. The Bertz CT molecular complexity index is 694. The SMILES string of the molecule is CC.CN1CCCCC1.O=C(c1ccc(Sc2cccnc2)cc1)N1CCCC1. The van der Waals surface area contributed by atoms with E-state index >= 15 is 0 Å². The molecule has 4 rings (SSSR count). The van der Waals surface area contributed by atoms with E-state index in [1.807, 2.05) is 61.3 Å². The summed E-state index contributed by atoms with van der Waals surface area (Å²) in [7, 11) is 2.19. The van der Waals surface area contributed by atoms with E-state index in [0.717, 1.165) is 41.3 Å². The zero-order chi connectivity index (χ0) is 20.9. The summed E-state index contributed by atoms with van der Waals surface area (Å²) in [4.78, 5) is 22.9. The van der Waals surface area contributed by atoms with Crippen LogP contribution in [0.3, 0.4) is 0 Å². The Morgan fingerprint density at radius 2 is 1.48 bits per heavy atom. The number of hydrogen-bond acceptors (Lipinski definition) is 4. The molecule has 1 aromatic carbocycles. The Balaban J connectivity index is 0.000000280. The van der Waals surface area contributed by atoms with Crippen molar-refractivity contribution in [1.29, 1.82) is 0 Å². The van der Waals surface area contributed by atoms with Gasteiger partial charge in [0.05, 0.1) is 0 Å². The third-order valence-electron chi connectivity index (χ3n) is 4.94. The molecule has 0 radical (unpaired) electrons. The average molecular weight is 414 g/mol. The van der Waals surface area contributed by atoms with Gasteiger partial charge in [-0.05, 0) is 82.2 Å². The zero-order valence-corrected chi connectivity index (χ0v) is 19.0. The van der Waals surface area contributed by atoms with Crippen LogP contribution in [0.4, 0.5) is 0 Å². The second-order valence-corrected chi connectivity index (χ2v) is 8.33. The largest absolute Gasteiger partial charge is 0.339 e. The standard InChI is InChI=1S/C16H16N2OS.C6H13N.C2H6/c19-16(18-10-1-2-11-18)13-5-7-14(8-6-13)20-15-4-3-9-17-12-15;1-7-5-3-2-4-6-7;1-2/h3-9,12H,1-2,10-11H2;2-6H2,1H3;1-2H3. The highest BCUT2D eigenvalue weighted by molar-refractivity contribution is 7.99. The van der Waals surface area contributed by atoms with Crippen molar-refractivity contribution in [2.45, 2.75) is 55.7 Å². The molecule has 0 saturated carbocycles. The van der Waals surface area contributed by atoms with Crippen molar-refractivity contribution in [3.63, 3.8) is 0 Å².